The highest BCUT2D eigenvalue weighted by Gasteiger charge is 2.26. The first-order valence-electron chi connectivity index (χ1n) is 6.06. The molecule has 1 aliphatic rings. The van der Waals surface area contributed by atoms with Gasteiger partial charge in [-0.2, -0.15) is 0 Å². The Morgan fingerprint density at radius 2 is 1.81 bits per heavy atom. The number of benzene rings is 1. The van der Waals surface area contributed by atoms with Crippen LogP contribution in [0.4, 0.5) is 0 Å². The molecule has 2 heteroatoms. The zero-order chi connectivity index (χ0) is 11.5. The number of aliphatic hydroxyl groups is 1. The molecule has 0 aliphatic heterocycles. The fourth-order valence-corrected chi connectivity index (χ4v) is 2.48. The third-order valence-corrected chi connectivity index (χ3v) is 3.52. The van der Waals surface area contributed by atoms with Crippen molar-refractivity contribution in [1.82, 2.24) is 4.90 Å². The van der Waals surface area contributed by atoms with Crippen molar-refractivity contribution >= 4 is 0 Å². The molecule has 16 heavy (non-hydrogen) atoms. The molecular formula is C14H21NO. The van der Waals surface area contributed by atoms with Crippen LogP contribution in [0.1, 0.15) is 17.5 Å². The summed E-state index contributed by atoms with van der Waals surface area (Å²) in [6.45, 7) is 1.06. The van der Waals surface area contributed by atoms with Gasteiger partial charge in [-0.15, -0.1) is 0 Å². The van der Waals surface area contributed by atoms with Crippen LogP contribution < -0.4 is 0 Å². The van der Waals surface area contributed by atoms with Gasteiger partial charge in [0.05, 0.1) is 6.10 Å². The second-order valence-electron chi connectivity index (χ2n) is 5.10. The summed E-state index contributed by atoms with van der Waals surface area (Å²) in [4.78, 5) is 2.19. The minimum Gasteiger partial charge on any atom is -0.392 e. The van der Waals surface area contributed by atoms with Gasteiger partial charge in [-0.1, -0.05) is 24.3 Å². The lowest BCUT2D eigenvalue weighted by atomic mass is 9.80. The Balaban J connectivity index is 2.03. The van der Waals surface area contributed by atoms with E-state index in [0.717, 1.165) is 25.8 Å². The van der Waals surface area contributed by atoms with Gasteiger partial charge in [-0.25, -0.2) is 0 Å². The average molecular weight is 219 g/mol. The highest BCUT2D eigenvalue weighted by Crippen LogP contribution is 2.27. The van der Waals surface area contributed by atoms with Crippen LogP contribution in [0.2, 0.25) is 0 Å². The molecular weight excluding hydrogens is 198 g/mol. The van der Waals surface area contributed by atoms with Crippen molar-refractivity contribution < 1.29 is 5.11 Å². The van der Waals surface area contributed by atoms with E-state index in [4.69, 9.17) is 0 Å². The summed E-state index contributed by atoms with van der Waals surface area (Å²) in [6.07, 6.45) is 2.79. The largest absolute Gasteiger partial charge is 0.392 e. The van der Waals surface area contributed by atoms with Crippen LogP contribution in [0.25, 0.3) is 0 Å². The molecule has 0 amide bonds. The Kier molecular flexibility index (Phi) is 3.62. The fourth-order valence-electron chi connectivity index (χ4n) is 2.48. The maximum atomic E-state index is 10.1. The molecule has 2 rings (SSSR count). The highest BCUT2D eigenvalue weighted by molar-refractivity contribution is 5.30. The van der Waals surface area contributed by atoms with Gasteiger partial charge < -0.3 is 10.0 Å². The molecule has 0 radical (unpaired) electrons. The molecule has 0 saturated carbocycles. The van der Waals surface area contributed by atoms with Crippen molar-refractivity contribution in [3.8, 4) is 0 Å². The van der Waals surface area contributed by atoms with E-state index in [1.54, 1.807) is 0 Å². The zero-order valence-electron chi connectivity index (χ0n) is 10.2. The van der Waals surface area contributed by atoms with Gasteiger partial charge >= 0.3 is 0 Å². The molecule has 0 heterocycles. The van der Waals surface area contributed by atoms with Crippen molar-refractivity contribution in [1.29, 1.82) is 0 Å². The second-order valence-corrected chi connectivity index (χ2v) is 5.10. The first-order chi connectivity index (χ1) is 7.66. The van der Waals surface area contributed by atoms with Crippen LogP contribution >= 0.6 is 0 Å². The molecule has 2 atom stereocenters. The predicted octanol–water partition coefficient (Wildman–Crippen LogP) is 1.71. The van der Waals surface area contributed by atoms with E-state index in [9.17, 15) is 5.11 Å². The average Bonchev–Trinajstić information content (AvgIpc) is 2.26. The molecule has 1 aromatic rings. The van der Waals surface area contributed by atoms with Crippen molar-refractivity contribution in [3.63, 3.8) is 0 Å². The third-order valence-electron chi connectivity index (χ3n) is 3.52. The molecule has 1 N–H and O–H groups in total. The van der Waals surface area contributed by atoms with Gasteiger partial charge in [-0.3, -0.25) is 0 Å². The molecule has 2 nitrogen and oxygen atoms in total. The van der Waals surface area contributed by atoms with Gasteiger partial charge in [0.1, 0.15) is 0 Å². The van der Waals surface area contributed by atoms with Crippen molar-refractivity contribution in [2.75, 3.05) is 20.6 Å². The molecule has 0 saturated heterocycles. The van der Waals surface area contributed by atoms with Gasteiger partial charge in [-0.05, 0) is 56.9 Å². The zero-order valence-corrected chi connectivity index (χ0v) is 10.2. The Morgan fingerprint density at radius 1 is 1.19 bits per heavy atom. The number of rotatable bonds is 3. The SMILES string of the molecule is CN(C)CC[C@H]1Cc2ccccc2C[C@@H]1O. The van der Waals surface area contributed by atoms with Crippen LogP contribution in [0, 0.1) is 5.92 Å². The quantitative estimate of drug-likeness (QED) is 0.836. The van der Waals surface area contributed by atoms with Crippen molar-refractivity contribution in [2.24, 2.45) is 5.92 Å². The van der Waals surface area contributed by atoms with Crippen LogP contribution in [0.15, 0.2) is 24.3 Å². The smallest absolute Gasteiger partial charge is 0.0612 e. The van der Waals surface area contributed by atoms with E-state index in [1.165, 1.54) is 11.1 Å². The molecule has 0 unspecified atom stereocenters. The van der Waals surface area contributed by atoms with E-state index in [0.29, 0.717) is 5.92 Å². The highest BCUT2D eigenvalue weighted by atomic mass is 16.3. The molecule has 0 aromatic heterocycles. The normalized spacial score (nSPS) is 24.5. The molecule has 0 bridgehead atoms. The summed E-state index contributed by atoms with van der Waals surface area (Å²) < 4.78 is 0. The van der Waals surface area contributed by atoms with Crippen molar-refractivity contribution in [2.45, 2.75) is 25.4 Å². The Hall–Kier alpha value is -0.860. The standard InChI is InChI=1S/C14H21NO/c1-15(2)8-7-13-9-11-5-3-4-6-12(11)10-14(13)16/h3-6,13-14,16H,7-10H2,1-2H3/t13-,14-/m0/s1. The number of aliphatic hydroxyl groups excluding tert-OH is 1. The lowest BCUT2D eigenvalue weighted by Gasteiger charge is -2.30. The topological polar surface area (TPSA) is 23.5 Å². The first kappa shape index (κ1) is 11.6. The van der Waals surface area contributed by atoms with E-state index in [1.807, 2.05) is 0 Å². The fraction of sp³-hybridized carbons (Fsp3) is 0.571. The Morgan fingerprint density at radius 3 is 2.44 bits per heavy atom. The van der Waals surface area contributed by atoms with Crippen molar-refractivity contribution in [3.05, 3.63) is 35.4 Å². The number of fused-ring (bicyclic) bond motifs is 1. The molecule has 1 aromatic carbocycles. The molecule has 0 spiro atoms. The third kappa shape index (κ3) is 2.63. The lowest BCUT2D eigenvalue weighted by Crippen LogP contribution is -2.32. The second kappa shape index (κ2) is 4.98. The molecule has 0 fully saturated rings. The summed E-state index contributed by atoms with van der Waals surface area (Å²) >= 11 is 0. The van der Waals surface area contributed by atoms with Crippen LogP contribution in [-0.2, 0) is 12.8 Å². The summed E-state index contributed by atoms with van der Waals surface area (Å²) in [5, 5.41) is 10.1. The summed E-state index contributed by atoms with van der Waals surface area (Å²) in [5.41, 5.74) is 2.76. The summed E-state index contributed by atoms with van der Waals surface area (Å²) in [5.74, 6) is 0.428. The van der Waals surface area contributed by atoms with Gasteiger partial charge in [0.15, 0.2) is 0 Å². The van der Waals surface area contributed by atoms with E-state index in [-0.39, 0.29) is 6.10 Å². The maximum Gasteiger partial charge on any atom is 0.0612 e. The molecule has 88 valence electrons. The predicted molar refractivity (Wildman–Crippen MR) is 66.5 cm³/mol. The van der Waals surface area contributed by atoms with Crippen LogP contribution in [0.3, 0.4) is 0 Å². The Bertz CT molecular complexity index is 348. The van der Waals surface area contributed by atoms with Gasteiger partial charge in [0.25, 0.3) is 0 Å². The minimum atomic E-state index is -0.158. The summed E-state index contributed by atoms with van der Waals surface area (Å²) in [6, 6.07) is 8.50. The van der Waals surface area contributed by atoms with Gasteiger partial charge in [0.2, 0.25) is 0 Å². The van der Waals surface area contributed by atoms with Crippen LogP contribution in [-0.4, -0.2) is 36.8 Å². The van der Waals surface area contributed by atoms with E-state index >= 15 is 0 Å². The van der Waals surface area contributed by atoms with Crippen LogP contribution in [0.5, 0.6) is 0 Å². The van der Waals surface area contributed by atoms with E-state index in [2.05, 4.69) is 43.3 Å². The number of nitrogens with zero attached hydrogens (tertiary/aromatic N) is 1. The number of hydrogen-bond donors (Lipinski definition) is 1. The molecule has 1 aliphatic carbocycles. The van der Waals surface area contributed by atoms with E-state index < -0.39 is 0 Å². The lowest BCUT2D eigenvalue weighted by molar-refractivity contribution is 0.0899. The maximum absolute atomic E-state index is 10.1. The minimum absolute atomic E-state index is 0.158. The number of hydrogen-bond acceptors (Lipinski definition) is 2. The summed E-state index contributed by atoms with van der Waals surface area (Å²) in [7, 11) is 4.17. The van der Waals surface area contributed by atoms with Gasteiger partial charge in [0, 0.05) is 0 Å². The first-order valence-corrected chi connectivity index (χ1v) is 6.06. The Labute approximate surface area is 97.9 Å². The monoisotopic (exact) mass is 219 g/mol.